The van der Waals surface area contributed by atoms with E-state index in [1.54, 1.807) is 41.7 Å². The number of fused-ring (bicyclic) bond motifs is 1. The average Bonchev–Trinajstić information content (AvgIpc) is 3.71. The molecule has 1 amide bonds. The van der Waals surface area contributed by atoms with Gasteiger partial charge in [-0.2, -0.15) is 0 Å². The first-order valence-corrected chi connectivity index (χ1v) is 24.7. The molecule has 2 aromatic heterocycles. The third kappa shape index (κ3) is 8.49. The van der Waals surface area contributed by atoms with Crippen LogP contribution in [0.5, 0.6) is 11.5 Å². The largest absolute Gasteiger partial charge is 0.455 e. The Morgan fingerprint density at radius 1 is 1.03 bits per heavy atom. The van der Waals surface area contributed by atoms with Crippen molar-refractivity contribution in [3.8, 4) is 11.5 Å². The highest BCUT2D eigenvalue weighted by Crippen LogP contribution is 2.75. The predicted molar refractivity (Wildman–Crippen MR) is 247 cm³/mol. The van der Waals surface area contributed by atoms with Crippen LogP contribution >= 0.6 is 11.6 Å². The molecular formula is C48H58ClN7O7S. The number of rotatable bonds is 14. The molecule has 5 aliphatic carbocycles. The lowest BCUT2D eigenvalue weighted by atomic mass is 9.39. The lowest BCUT2D eigenvalue weighted by molar-refractivity contribution is -0.384. The maximum absolute atomic E-state index is 14.0. The zero-order chi connectivity index (χ0) is 44.5. The van der Waals surface area contributed by atoms with Crippen molar-refractivity contribution in [2.75, 3.05) is 62.7 Å². The summed E-state index contributed by atoms with van der Waals surface area (Å²) < 4.78 is 41.5. The van der Waals surface area contributed by atoms with E-state index in [1.807, 2.05) is 12.1 Å². The van der Waals surface area contributed by atoms with Gasteiger partial charge in [-0.1, -0.05) is 25.0 Å². The number of benzene rings is 2. The Morgan fingerprint density at radius 3 is 2.53 bits per heavy atom. The Balaban J connectivity index is 0.829. The molecular weight excluding hydrogens is 854 g/mol. The number of piperazine rings is 1. The second kappa shape index (κ2) is 16.3. The first-order chi connectivity index (χ1) is 30.6. The lowest BCUT2D eigenvalue weighted by Crippen LogP contribution is -2.65. The van der Waals surface area contributed by atoms with Crippen LogP contribution in [0.1, 0.15) is 94.8 Å². The number of H-pyrrole nitrogens is 1. The Labute approximate surface area is 379 Å². The summed E-state index contributed by atoms with van der Waals surface area (Å²) in [6.45, 7) is 11.2. The fraction of sp³-hybridized carbons (Fsp3) is 0.542. The molecule has 14 nitrogen and oxygen atoms in total. The Morgan fingerprint density at radius 2 is 1.80 bits per heavy atom. The van der Waals surface area contributed by atoms with Crippen LogP contribution in [0.4, 0.5) is 17.1 Å². The number of carbonyl (C=O) groups is 1. The number of aromatic amines is 1. The van der Waals surface area contributed by atoms with Crippen LogP contribution in [0.15, 0.2) is 77.0 Å². The molecule has 3 N–H and O–H groups in total. The number of hydrogen-bond donors (Lipinski definition) is 3. The van der Waals surface area contributed by atoms with Gasteiger partial charge in [0.2, 0.25) is 0 Å². The van der Waals surface area contributed by atoms with Crippen LogP contribution in [0.25, 0.3) is 11.0 Å². The highest BCUT2D eigenvalue weighted by molar-refractivity contribution is 7.90. The van der Waals surface area contributed by atoms with E-state index in [0.717, 1.165) is 127 Å². The Hall–Kier alpha value is -4.70. The first kappa shape index (κ1) is 43.2. The van der Waals surface area contributed by atoms with E-state index in [9.17, 15) is 23.3 Å². The summed E-state index contributed by atoms with van der Waals surface area (Å²) >= 11 is 6.75. The molecule has 16 heteroatoms. The fourth-order valence-electron chi connectivity index (χ4n) is 11.8. The number of pyridine rings is 1. The standard InChI is InChI=1S/C48H58ClN7O7S/c1-45(2)10-7-34(39(26-45)47-29-48(49,30-47)31-47)28-54-15-17-55(18-16-54)35-3-5-38(42(22-35)63-36-21-33-9-14-51-43(33)52-27-36)44(57)53-64(60,61)37-4-6-40(41(23-37)56(58)59)50-13-8-32-24-46(25-32)11-19-62-20-12-46/h3-6,9,14,21-23,27,32,50H,7-8,10-13,15-20,24-26,28-31H2,1-2H3,(H,51,52)(H,53,57). The number of nitro groups is 1. The molecule has 1 spiro atoms. The highest BCUT2D eigenvalue weighted by Gasteiger charge is 2.69. The summed E-state index contributed by atoms with van der Waals surface area (Å²) in [5.41, 5.74) is 5.66. The van der Waals surface area contributed by atoms with Gasteiger partial charge in [-0.05, 0) is 129 Å². The molecule has 2 saturated heterocycles. The number of alkyl halides is 1. The van der Waals surface area contributed by atoms with Crippen LogP contribution in [-0.2, 0) is 14.8 Å². The zero-order valence-corrected chi connectivity index (χ0v) is 38.3. The minimum absolute atomic E-state index is 0.0153. The second-order valence-corrected chi connectivity index (χ2v) is 23.0. The van der Waals surface area contributed by atoms with Crippen LogP contribution in [0, 0.1) is 32.3 Å². The smallest absolute Gasteiger partial charge is 0.293 e. The first-order valence-electron chi connectivity index (χ1n) is 22.9. The number of sulfonamides is 1. The van der Waals surface area contributed by atoms with Crippen molar-refractivity contribution in [3.05, 3.63) is 87.7 Å². The average molecular weight is 913 g/mol. The minimum Gasteiger partial charge on any atom is -0.455 e. The number of aromatic nitrogens is 2. The maximum atomic E-state index is 14.0. The molecule has 4 heterocycles. The molecule has 64 heavy (non-hydrogen) atoms. The number of nitrogens with one attached hydrogen (secondary N) is 3. The summed E-state index contributed by atoms with van der Waals surface area (Å²) in [5, 5.41) is 16.2. The quantitative estimate of drug-likeness (QED) is 0.0477. The van der Waals surface area contributed by atoms with Crippen molar-refractivity contribution in [2.45, 2.75) is 94.2 Å². The van der Waals surface area contributed by atoms with Gasteiger partial charge in [-0.3, -0.25) is 19.8 Å². The number of nitrogens with zero attached hydrogens (tertiary/aromatic N) is 4. The molecule has 0 radical (unpaired) electrons. The molecule has 11 rings (SSSR count). The van der Waals surface area contributed by atoms with E-state index in [1.165, 1.54) is 18.6 Å². The number of carbonyl (C=O) groups excluding carboxylic acids is 1. The number of allylic oxidation sites excluding steroid dienone is 1. The number of ether oxygens (including phenoxy) is 2. The summed E-state index contributed by atoms with van der Waals surface area (Å²) in [5.74, 6) is 0.129. The second-order valence-electron chi connectivity index (χ2n) is 20.5. The van der Waals surface area contributed by atoms with E-state index in [-0.39, 0.29) is 27.6 Å². The van der Waals surface area contributed by atoms with Crippen molar-refractivity contribution < 1.29 is 27.6 Å². The van der Waals surface area contributed by atoms with E-state index < -0.39 is 25.7 Å². The molecule has 2 bridgehead atoms. The number of hydrogen-bond acceptors (Lipinski definition) is 11. The van der Waals surface area contributed by atoms with Crippen LogP contribution in [0.3, 0.4) is 0 Å². The lowest BCUT2D eigenvalue weighted by Gasteiger charge is -2.70. The molecule has 4 aromatic rings. The third-order valence-corrected chi connectivity index (χ3v) is 17.1. The van der Waals surface area contributed by atoms with E-state index in [2.05, 4.69) is 43.7 Å². The summed E-state index contributed by atoms with van der Waals surface area (Å²) in [4.78, 5) is 37.5. The van der Waals surface area contributed by atoms with Gasteiger partial charge in [0, 0.05) is 86.8 Å². The predicted octanol–water partition coefficient (Wildman–Crippen LogP) is 9.18. The molecule has 0 atom stereocenters. The van der Waals surface area contributed by atoms with Crippen molar-refractivity contribution in [1.29, 1.82) is 0 Å². The number of halogens is 1. The fourth-order valence-corrected chi connectivity index (χ4v) is 13.5. The van der Waals surface area contributed by atoms with Crippen LogP contribution in [-0.4, -0.2) is 91.5 Å². The monoisotopic (exact) mass is 911 g/mol. The minimum atomic E-state index is -4.54. The molecule has 7 aliphatic rings. The van der Waals surface area contributed by atoms with Gasteiger partial charge in [0.1, 0.15) is 22.8 Å². The van der Waals surface area contributed by atoms with Gasteiger partial charge in [0.25, 0.3) is 21.6 Å². The Bertz CT molecular complexity index is 2600. The van der Waals surface area contributed by atoms with Crippen molar-refractivity contribution in [3.63, 3.8) is 0 Å². The van der Waals surface area contributed by atoms with Crippen LogP contribution in [0.2, 0.25) is 0 Å². The third-order valence-electron chi connectivity index (χ3n) is 15.3. The van der Waals surface area contributed by atoms with E-state index >= 15 is 0 Å². The molecule has 0 unspecified atom stereocenters. The van der Waals surface area contributed by atoms with Crippen molar-refractivity contribution in [2.24, 2.45) is 22.2 Å². The summed E-state index contributed by atoms with van der Waals surface area (Å²) in [7, 11) is -4.54. The van der Waals surface area contributed by atoms with Gasteiger partial charge in [-0.15, -0.1) is 11.6 Å². The van der Waals surface area contributed by atoms with Gasteiger partial charge in [0.05, 0.1) is 21.6 Å². The van der Waals surface area contributed by atoms with E-state index in [0.29, 0.717) is 40.1 Å². The van der Waals surface area contributed by atoms with Gasteiger partial charge >= 0.3 is 0 Å². The zero-order valence-electron chi connectivity index (χ0n) is 36.7. The van der Waals surface area contributed by atoms with Crippen LogP contribution < -0.4 is 19.7 Å². The van der Waals surface area contributed by atoms with Crippen molar-refractivity contribution >= 4 is 55.6 Å². The SMILES string of the molecule is CC1(C)CCC(CN2CCN(c3ccc(C(=O)NS(=O)(=O)c4ccc(NCCC5CC6(CCOCC6)C5)c([N+](=O)[O-])c4)c(Oc4cnc5[nH]ccc5c4)c3)CC2)=C(C23CC(Cl)(C2)C3)C1. The molecule has 2 aliphatic heterocycles. The number of anilines is 2. The maximum Gasteiger partial charge on any atom is 0.293 e. The van der Waals surface area contributed by atoms with Gasteiger partial charge in [-0.25, -0.2) is 18.1 Å². The topological polar surface area (TPSA) is 172 Å². The number of nitro benzene ring substituents is 1. The summed E-state index contributed by atoms with van der Waals surface area (Å²) in [6, 6.07) is 12.5. The molecule has 2 aromatic carbocycles. The molecule has 340 valence electrons. The van der Waals surface area contributed by atoms with Gasteiger partial charge in [0.15, 0.2) is 0 Å². The summed E-state index contributed by atoms with van der Waals surface area (Å²) in [6.07, 6.45) is 15.5. The normalized spacial score (nSPS) is 25.3. The molecule has 6 fully saturated rings. The number of amides is 1. The Kier molecular flexibility index (Phi) is 11.0. The highest BCUT2D eigenvalue weighted by atomic mass is 35.5. The van der Waals surface area contributed by atoms with Crippen molar-refractivity contribution in [1.82, 2.24) is 19.6 Å². The van der Waals surface area contributed by atoms with E-state index in [4.69, 9.17) is 21.1 Å². The van der Waals surface area contributed by atoms with Gasteiger partial charge < -0.3 is 24.7 Å². The molecule has 4 saturated carbocycles.